The van der Waals surface area contributed by atoms with E-state index in [-0.39, 0.29) is 25.1 Å². The SMILES string of the molecule is O=C(O)CNC1CC(O)C(O)C(CO)C1. The molecule has 15 heavy (non-hydrogen) atoms. The van der Waals surface area contributed by atoms with Crippen molar-refractivity contribution in [1.82, 2.24) is 5.32 Å². The molecular formula is C9H17NO5. The third-order valence-electron chi connectivity index (χ3n) is 2.77. The number of carbonyl (C=O) groups is 1. The standard InChI is InChI=1S/C9H17NO5/c11-4-5-1-6(10-3-8(13)14)2-7(12)9(5)15/h5-7,9-12,15H,1-4H2,(H,13,14). The summed E-state index contributed by atoms with van der Waals surface area (Å²) in [7, 11) is 0. The summed E-state index contributed by atoms with van der Waals surface area (Å²) >= 11 is 0. The van der Waals surface area contributed by atoms with Crippen molar-refractivity contribution in [1.29, 1.82) is 0 Å². The highest BCUT2D eigenvalue weighted by Gasteiger charge is 2.35. The molecule has 0 saturated heterocycles. The number of nitrogens with one attached hydrogen (secondary N) is 1. The predicted molar refractivity (Wildman–Crippen MR) is 51.2 cm³/mol. The van der Waals surface area contributed by atoms with E-state index in [4.69, 9.17) is 10.2 Å². The molecule has 1 fully saturated rings. The van der Waals surface area contributed by atoms with Crippen LogP contribution in [0.15, 0.2) is 0 Å². The first-order chi connectivity index (χ1) is 7.04. The third-order valence-corrected chi connectivity index (χ3v) is 2.77. The van der Waals surface area contributed by atoms with Gasteiger partial charge in [0.25, 0.3) is 0 Å². The number of aliphatic hydroxyl groups is 3. The summed E-state index contributed by atoms with van der Waals surface area (Å²) in [4.78, 5) is 10.3. The van der Waals surface area contributed by atoms with Crippen molar-refractivity contribution in [2.24, 2.45) is 5.92 Å². The lowest BCUT2D eigenvalue weighted by Gasteiger charge is -2.36. The van der Waals surface area contributed by atoms with Crippen LogP contribution in [0.3, 0.4) is 0 Å². The van der Waals surface area contributed by atoms with Crippen LogP contribution in [0.2, 0.25) is 0 Å². The molecule has 0 aromatic heterocycles. The second-order valence-corrected chi connectivity index (χ2v) is 3.94. The Bertz CT molecular complexity index is 223. The van der Waals surface area contributed by atoms with Gasteiger partial charge < -0.3 is 25.7 Å². The zero-order valence-electron chi connectivity index (χ0n) is 8.33. The molecule has 1 aliphatic carbocycles. The first-order valence-corrected chi connectivity index (χ1v) is 4.96. The van der Waals surface area contributed by atoms with E-state index in [1.807, 2.05) is 0 Å². The van der Waals surface area contributed by atoms with Gasteiger partial charge in [-0.15, -0.1) is 0 Å². The maximum Gasteiger partial charge on any atom is 0.317 e. The van der Waals surface area contributed by atoms with Gasteiger partial charge in [-0.1, -0.05) is 0 Å². The van der Waals surface area contributed by atoms with Crippen molar-refractivity contribution >= 4 is 5.97 Å². The van der Waals surface area contributed by atoms with Gasteiger partial charge in [0.05, 0.1) is 18.8 Å². The number of carboxylic acids is 1. The highest BCUT2D eigenvalue weighted by molar-refractivity contribution is 5.69. The number of hydrogen-bond acceptors (Lipinski definition) is 5. The molecule has 0 aromatic rings. The van der Waals surface area contributed by atoms with E-state index in [9.17, 15) is 15.0 Å². The van der Waals surface area contributed by atoms with Gasteiger partial charge in [0.15, 0.2) is 0 Å². The van der Waals surface area contributed by atoms with Crippen LogP contribution in [-0.2, 0) is 4.79 Å². The zero-order chi connectivity index (χ0) is 11.4. The summed E-state index contributed by atoms with van der Waals surface area (Å²) in [5, 5.41) is 39.1. The van der Waals surface area contributed by atoms with Gasteiger partial charge in [-0.2, -0.15) is 0 Å². The molecule has 0 heterocycles. The Morgan fingerprint density at radius 1 is 1.33 bits per heavy atom. The highest BCUT2D eigenvalue weighted by atomic mass is 16.4. The van der Waals surface area contributed by atoms with Gasteiger partial charge in [0.2, 0.25) is 0 Å². The Morgan fingerprint density at radius 3 is 2.53 bits per heavy atom. The van der Waals surface area contributed by atoms with Crippen LogP contribution in [0, 0.1) is 5.92 Å². The fraction of sp³-hybridized carbons (Fsp3) is 0.889. The maximum absolute atomic E-state index is 10.3. The van der Waals surface area contributed by atoms with Crippen molar-refractivity contribution in [2.45, 2.75) is 31.1 Å². The number of rotatable bonds is 4. The number of carboxylic acid groups (broad SMARTS) is 1. The summed E-state index contributed by atoms with van der Waals surface area (Å²) < 4.78 is 0. The Kier molecular flexibility index (Phi) is 4.46. The Morgan fingerprint density at radius 2 is 2.00 bits per heavy atom. The molecule has 1 aliphatic rings. The van der Waals surface area contributed by atoms with Crippen molar-refractivity contribution in [2.75, 3.05) is 13.2 Å². The largest absolute Gasteiger partial charge is 0.480 e. The van der Waals surface area contributed by atoms with Crippen LogP contribution in [0.5, 0.6) is 0 Å². The van der Waals surface area contributed by atoms with Crippen LogP contribution in [0.25, 0.3) is 0 Å². The smallest absolute Gasteiger partial charge is 0.317 e. The molecule has 5 N–H and O–H groups in total. The average Bonchev–Trinajstić information content (AvgIpc) is 2.19. The number of hydrogen-bond donors (Lipinski definition) is 5. The molecule has 4 unspecified atom stereocenters. The number of aliphatic carboxylic acids is 1. The third kappa shape index (κ3) is 3.42. The van der Waals surface area contributed by atoms with Crippen LogP contribution < -0.4 is 5.32 Å². The molecule has 6 heteroatoms. The van der Waals surface area contributed by atoms with Crippen molar-refractivity contribution in [3.8, 4) is 0 Å². The molecule has 0 amide bonds. The summed E-state index contributed by atoms with van der Waals surface area (Å²) in [5.41, 5.74) is 0. The van der Waals surface area contributed by atoms with Crippen LogP contribution in [-0.4, -0.2) is 57.8 Å². The summed E-state index contributed by atoms with van der Waals surface area (Å²) in [5.74, 6) is -1.35. The molecule has 0 radical (unpaired) electrons. The second kappa shape index (κ2) is 5.41. The molecule has 0 bridgehead atoms. The Hall–Kier alpha value is -0.690. The molecule has 88 valence electrons. The molecule has 1 saturated carbocycles. The Balaban J connectivity index is 2.44. The summed E-state index contributed by atoms with van der Waals surface area (Å²) in [6.45, 7) is -0.380. The fourth-order valence-corrected chi connectivity index (χ4v) is 1.93. The molecule has 0 aliphatic heterocycles. The van der Waals surface area contributed by atoms with Crippen molar-refractivity contribution in [3.63, 3.8) is 0 Å². The van der Waals surface area contributed by atoms with Gasteiger partial charge in [-0.3, -0.25) is 4.79 Å². The summed E-state index contributed by atoms with van der Waals surface area (Å²) in [6, 6.07) is -0.170. The molecular weight excluding hydrogens is 202 g/mol. The normalized spacial score (nSPS) is 36.5. The second-order valence-electron chi connectivity index (χ2n) is 3.94. The molecule has 4 atom stereocenters. The monoisotopic (exact) mass is 219 g/mol. The van der Waals surface area contributed by atoms with Gasteiger partial charge in [-0.25, -0.2) is 0 Å². The number of aliphatic hydroxyl groups excluding tert-OH is 3. The highest BCUT2D eigenvalue weighted by Crippen LogP contribution is 2.24. The van der Waals surface area contributed by atoms with Crippen molar-refractivity contribution < 1.29 is 25.2 Å². The lowest BCUT2D eigenvalue weighted by molar-refractivity contribution is -0.136. The van der Waals surface area contributed by atoms with Crippen LogP contribution >= 0.6 is 0 Å². The summed E-state index contributed by atoms with van der Waals surface area (Å²) in [6.07, 6.45) is -1.03. The zero-order valence-corrected chi connectivity index (χ0v) is 8.33. The van der Waals surface area contributed by atoms with Crippen molar-refractivity contribution in [3.05, 3.63) is 0 Å². The maximum atomic E-state index is 10.3. The van der Waals surface area contributed by atoms with E-state index in [2.05, 4.69) is 5.32 Å². The van der Waals surface area contributed by atoms with Gasteiger partial charge >= 0.3 is 5.97 Å². The first-order valence-electron chi connectivity index (χ1n) is 4.96. The first kappa shape index (κ1) is 12.4. The van der Waals surface area contributed by atoms with Gasteiger partial charge in [0, 0.05) is 18.6 Å². The Labute approximate surface area is 87.5 Å². The lowest BCUT2D eigenvalue weighted by Crippen LogP contribution is -2.49. The topological polar surface area (TPSA) is 110 Å². The minimum Gasteiger partial charge on any atom is -0.480 e. The minimum atomic E-state index is -0.962. The van der Waals surface area contributed by atoms with Crippen LogP contribution in [0.4, 0.5) is 0 Å². The lowest BCUT2D eigenvalue weighted by atomic mass is 9.82. The van der Waals surface area contributed by atoms with Gasteiger partial charge in [0.1, 0.15) is 0 Å². The van der Waals surface area contributed by atoms with E-state index in [0.29, 0.717) is 12.8 Å². The quantitative estimate of drug-likeness (QED) is 0.380. The molecule has 0 aromatic carbocycles. The average molecular weight is 219 g/mol. The van der Waals surface area contributed by atoms with E-state index in [1.54, 1.807) is 0 Å². The fourth-order valence-electron chi connectivity index (χ4n) is 1.93. The van der Waals surface area contributed by atoms with E-state index in [0.717, 1.165) is 0 Å². The van der Waals surface area contributed by atoms with E-state index >= 15 is 0 Å². The molecule has 0 spiro atoms. The van der Waals surface area contributed by atoms with Crippen LogP contribution in [0.1, 0.15) is 12.8 Å². The minimum absolute atomic E-state index is 0.170. The molecule has 1 rings (SSSR count). The predicted octanol–water partition coefficient (Wildman–Crippen LogP) is -1.85. The molecule has 6 nitrogen and oxygen atoms in total. The van der Waals surface area contributed by atoms with Gasteiger partial charge in [-0.05, 0) is 12.8 Å². The van der Waals surface area contributed by atoms with E-state index in [1.165, 1.54) is 0 Å². The van der Waals surface area contributed by atoms with E-state index < -0.39 is 18.2 Å².